The highest BCUT2D eigenvalue weighted by Gasteiger charge is 2.42. The molecule has 1 fully saturated rings. The van der Waals surface area contributed by atoms with Crippen LogP contribution in [0.5, 0.6) is 0 Å². The van der Waals surface area contributed by atoms with Crippen molar-refractivity contribution < 1.29 is 4.79 Å². The molecule has 1 amide bonds. The highest BCUT2D eigenvalue weighted by atomic mass is 35.5. The predicted molar refractivity (Wildman–Crippen MR) is 101 cm³/mol. The summed E-state index contributed by atoms with van der Waals surface area (Å²) in [7, 11) is 0. The van der Waals surface area contributed by atoms with Gasteiger partial charge in [0.1, 0.15) is 11.4 Å². The molecule has 0 bridgehead atoms. The summed E-state index contributed by atoms with van der Waals surface area (Å²) in [5, 5.41) is 10.5. The standard InChI is InChI=1S/C15H19N5OS.2ClH/c1-22-12-3-4-13(17-11-12)19-14(21)15(5-8-16-9-6-15)20-10-2-7-18-20;;/h2-4,7,10-11,16H,5-6,8-9H2,1H3,(H,17,19,21);2*1H. The van der Waals surface area contributed by atoms with E-state index < -0.39 is 5.54 Å². The Morgan fingerprint density at radius 3 is 2.62 bits per heavy atom. The number of piperidine rings is 1. The maximum Gasteiger partial charge on any atom is 0.253 e. The highest BCUT2D eigenvalue weighted by Crippen LogP contribution is 2.28. The molecule has 2 aromatic rings. The average molecular weight is 390 g/mol. The van der Waals surface area contributed by atoms with Gasteiger partial charge >= 0.3 is 0 Å². The van der Waals surface area contributed by atoms with Gasteiger partial charge in [0.15, 0.2) is 0 Å². The van der Waals surface area contributed by atoms with Crippen LogP contribution >= 0.6 is 36.6 Å². The van der Waals surface area contributed by atoms with Crippen molar-refractivity contribution in [3.05, 3.63) is 36.8 Å². The van der Waals surface area contributed by atoms with Crippen LogP contribution in [0.15, 0.2) is 41.7 Å². The molecule has 0 saturated carbocycles. The van der Waals surface area contributed by atoms with E-state index in [1.807, 2.05) is 30.7 Å². The lowest BCUT2D eigenvalue weighted by Gasteiger charge is -2.36. The average Bonchev–Trinajstić information content (AvgIpc) is 3.11. The molecule has 0 aromatic carbocycles. The molecule has 2 aromatic heterocycles. The summed E-state index contributed by atoms with van der Waals surface area (Å²) >= 11 is 1.62. The summed E-state index contributed by atoms with van der Waals surface area (Å²) in [4.78, 5) is 18.3. The minimum absolute atomic E-state index is 0. The van der Waals surface area contributed by atoms with E-state index in [2.05, 4.69) is 20.7 Å². The van der Waals surface area contributed by atoms with Crippen molar-refractivity contribution >= 4 is 48.3 Å². The number of carbonyl (C=O) groups is 1. The van der Waals surface area contributed by atoms with Gasteiger partial charge < -0.3 is 10.6 Å². The Hall–Kier alpha value is -1.28. The molecule has 0 aliphatic carbocycles. The van der Waals surface area contributed by atoms with Crippen molar-refractivity contribution in [3.8, 4) is 0 Å². The normalized spacial score (nSPS) is 15.7. The second kappa shape index (κ2) is 9.27. The van der Waals surface area contributed by atoms with E-state index in [9.17, 15) is 4.79 Å². The molecule has 3 heterocycles. The van der Waals surface area contributed by atoms with Gasteiger partial charge in [-0.15, -0.1) is 36.6 Å². The minimum Gasteiger partial charge on any atom is -0.317 e. The molecule has 0 radical (unpaired) electrons. The van der Waals surface area contributed by atoms with Crippen LogP contribution in [-0.4, -0.2) is 40.0 Å². The molecule has 1 aliphatic heterocycles. The van der Waals surface area contributed by atoms with E-state index >= 15 is 0 Å². The Morgan fingerprint density at radius 1 is 1.33 bits per heavy atom. The van der Waals surface area contributed by atoms with Crippen molar-refractivity contribution in [1.29, 1.82) is 0 Å². The number of nitrogens with one attached hydrogen (secondary N) is 2. The zero-order valence-corrected chi connectivity index (χ0v) is 15.7. The van der Waals surface area contributed by atoms with Crippen molar-refractivity contribution in [2.75, 3.05) is 24.7 Å². The Labute approximate surface area is 158 Å². The summed E-state index contributed by atoms with van der Waals surface area (Å²) < 4.78 is 1.78. The van der Waals surface area contributed by atoms with Crippen LogP contribution in [0.4, 0.5) is 5.82 Å². The molecular formula is C15H21Cl2N5OS. The Bertz CT molecular complexity index is 630. The third-order valence-corrected chi connectivity index (χ3v) is 4.72. The number of pyridine rings is 1. The summed E-state index contributed by atoms with van der Waals surface area (Å²) in [5.74, 6) is 0.523. The van der Waals surface area contributed by atoms with Gasteiger partial charge in [-0.25, -0.2) is 4.98 Å². The largest absolute Gasteiger partial charge is 0.317 e. The summed E-state index contributed by atoms with van der Waals surface area (Å²) in [6.45, 7) is 1.60. The molecule has 1 saturated heterocycles. The maximum atomic E-state index is 12.9. The molecule has 132 valence electrons. The van der Waals surface area contributed by atoms with E-state index in [0.717, 1.165) is 18.0 Å². The maximum absolute atomic E-state index is 12.9. The minimum atomic E-state index is -0.644. The summed E-state index contributed by atoms with van der Waals surface area (Å²) in [6.07, 6.45) is 8.75. The van der Waals surface area contributed by atoms with Crippen LogP contribution in [-0.2, 0) is 10.3 Å². The summed E-state index contributed by atoms with van der Waals surface area (Å²) in [6, 6.07) is 5.64. The first-order chi connectivity index (χ1) is 10.7. The fraction of sp³-hybridized carbons (Fsp3) is 0.400. The van der Waals surface area contributed by atoms with Gasteiger partial charge in [0.2, 0.25) is 0 Å². The van der Waals surface area contributed by atoms with E-state index in [4.69, 9.17) is 0 Å². The molecule has 2 N–H and O–H groups in total. The molecule has 24 heavy (non-hydrogen) atoms. The lowest BCUT2D eigenvalue weighted by Crippen LogP contribution is -2.52. The summed E-state index contributed by atoms with van der Waals surface area (Å²) in [5.41, 5.74) is -0.644. The van der Waals surface area contributed by atoms with Gasteiger partial charge in [-0.1, -0.05) is 0 Å². The molecule has 9 heteroatoms. The number of hydrogen-bond acceptors (Lipinski definition) is 5. The van der Waals surface area contributed by atoms with Gasteiger partial charge in [0.05, 0.1) is 0 Å². The van der Waals surface area contributed by atoms with Crippen molar-refractivity contribution in [1.82, 2.24) is 20.1 Å². The van der Waals surface area contributed by atoms with E-state index in [1.54, 1.807) is 28.8 Å². The van der Waals surface area contributed by atoms with Gasteiger partial charge in [-0.05, 0) is 50.4 Å². The number of anilines is 1. The third-order valence-electron chi connectivity index (χ3n) is 4.01. The van der Waals surface area contributed by atoms with E-state index in [1.165, 1.54) is 0 Å². The number of nitrogens with zero attached hydrogens (tertiary/aromatic N) is 3. The van der Waals surface area contributed by atoms with Crippen LogP contribution in [0.2, 0.25) is 0 Å². The third kappa shape index (κ3) is 4.22. The SMILES string of the molecule is CSc1ccc(NC(=O)C2(n3cccn3)CCNCC2)nc1.Cl.Cl. The number of halogens is 2. The van der Waals surface area contributed by atoms with E-state index in [0.29, 0.717) is 18.7 Å². The fourth-order valence-corrected chi connectivity index (χ4v) is 3.09. The van der Waals surface area contributed by atoms with Crippen LogP contribution in [0.1, 0.15) is 12.8 Å². The number of amides is 1. The predicted octanol–water partition coefficient (Wildman–Crippen LogP) is 2.56. The second-order valence-corrected chi connectivity index (χ2v) is 6.15. The molecule has 1 aliphatic rings. The van der Waals surface area contributed by atoms with Crippen molar-refractivity contribution in [2.45, 2.75) is 23.3 Å². The number of hydrogen-bond donors (Lipinski definition) is 2. The molecule has 3 rings (SSSR count). The topological polar surface area (TPSA) is 71.8 Å². The number of carbonyl (C=O) groups excluding carboxylic acids is 1. The first-order valence-electron chi connectivity index (χ1n) is 7.27. The first-order valence-corrected chi connectivity index (χ1v) is 8.49. The zero-order valence-electron chi connectivity index (χ0n) is 13.3. The van der Waals surface area contributed by atoms with Crippen LogP contribution in [0.25, 0.3) is 0 Å². The van der Waals surface area contributed by atoms with Gasteiger partial charge in [-0.2, -0.15) is 5.10 Å². The molecule has 0 atom stereocenters. The van der Waals surface area contributed by atoms with Crippen LogP contribution in [0, 0.1) is 0 Å². The van der Waals surface area contributed by atoms with Crippen molar-refractivity contribution in [2.24, 2.45) is 0 Å². The molecular weight excluding hydrogens is 369 g/mol. The smallest absolute Gasteiger partial charge is 0.253 e. The van der Waals surface area contributed by atoms with Crippen LogP contribution in [0.3, 0.4) is 0 Å². The molecule has 0 spiro atoms. The Kier molecular flexibility index (Phi) is 8.02. The Morgan fingerprint density at radius 2 is 2.08 bits per heavy atom. The quantitative estimate of drug-likeness (QED) is 0.786. The lowest BCUT2D eigenvalue weighted by atomic mass is 9.87. The number of rotatable bonds is 4. The van der Waals surface area contributed by atoms with Crippen LogP contribution < -0.4 is 10.6 Å². The number of thioether (sulfide) groups is 1. The van der Waals surface area contributed by atoms with E-state index in [-0.39, 0.29) is 30.7 Å². The molecule has 6 nitrogen and oxygen atoms in total. The Balaban J connectivity index is 0.00000144. The fourth-order valence-electron chi connectivity index (χ4n) is 2.73. The first kappa shape index (κ1) is 20.8. The monoisotopic (exact) mass is 389 g/mol. The second-order valence-electron chi connectivity index (χ2n) is 5.27. The van der Waals surface area contributed by atoms with Crippen molar-refractivity contribution in [3.63, 3.8) is 0 Å². The van der Waals surface area contributed by atoms with Gasteiger partial charge in [-0.3, -0.25) is 9.48 Å². The highest BCUT2D eigenvalue weighted by molar-refractivity contribution is 7.98. The molecule has 0 unspecified atom stereocenters. The van der Waals surface area contributed by atoms with Gasteiger partial charge in [0.25, 0.3) is 5.91 Å². The van der Waals surface area contributed by atoms with Gasteiger partial charge in [0, 0.05) is 23.5 Å². The lowest BCUT2D eigenvalue weighted by molar-refractivity contribution is -0.126. The number of aromatic nitrogens is 3. The zero-order chi connectivity index (χ0) is 15.4.